The van der Waals surface area contributed by atoms with Gasteiger partial charge in [-0.2, -0.15) is 0 Å². The largest absolute Gasteiger partial charge is 0.310 e. The number of halogens is 1. The van der Waals surface area contributed by atoms with Crippen LogP contribution < -0.4 is 4.90 Å². The number of carbonyl (C=O) groups is 1. The Bertz CT molecular complexity index is 597. The van der Waals surface area contributed by atoms with E-state index in [0.717, 1.165) is 34.0 Å². The number of amides is 1. The van der Waals surface area contributed by atoms with Gasteiger partial charge in [0, 0.05) is 29.0 Å². The number of fused-ring (bicyclic) bond motifs is 1. The third-order valence-corrected chi connectivity index (χ3v) is 3.45. The third kappa shape index (κ3) is 1.82. The quantitative estimate of drug-likeness (QED) is 0.808. The van der Waals surface area contributed by atoms with Crippen molar-refractivity contribution in [3.05, 3.63) is 34.9 Å². The molecule has 86 valence electrons. The molecule has 0 unspecified atom stereocenters. The van der Waals surface area contributed by atoms with Crippen molar-refractivity contribution in [1.82, 2.24) is 4.98 Å². The second-order valence-electron chi connectivity index (χ2n) is 4.15. The highest BCUT2D eigenvalue weighted by Crippen LogP contribution is 2.29. The van der Waals surface area contributed by atoms with Gasteiger partial charge in [0.05, 0.1) is 11.2 Å². The smallest absolute Gasteiger partial charge is 0.227 e. The number of hydrogen-bond acceptors (Lipinski definition) is 2. The minimum absolute atomic E-state index is 0.196. The van der Waals surface area contributed by atoms with Crippen molar-refractivity contribution in [3.63, 3.8) is 0 Å². The Labute approximate surface area is 108 Å². The van der Waals surface area contributed by atoms with Gasteiger partial charge in [0.2, 0.25) is 5.91 Å². The van der Waals surface area contributed by atoms with Gasteiger partial charge in [-0.1, -0.05) is 12.1 Å². The van der Waals surface area contributed by atoms with Crippen molar-refractivity contribution < 1.29 is 4.79 Å². The highest BCUT2D eigenvalue weighted by molar-refractivity contribution is 9.10. The molecule has 1 saturated heterocycles. The lowest BCUT2D eigenvalue weighted by molar-refractivity contribution is -0.117. The van der Waals surface area contributed by atoms with Crippen molar-refractivity contribution in [2.75, 3.05) is 11.4 Å². The summed E-state index contributed by atoms with van der Waals surface area (Å²) in [6, 6.07) is 7.97. The minimum atomic E-state index is 0.196. The molecule has 0 bridgehead atoms. The minimum Gasteiger partial charge on any atom is -0.310 e. The first kappa shape index (κ1) is 10.7. The van der Waals surface area contributed by atoms with Gasteiger partial charge >= 0.3 is 0 Å². The Balaban J connectivity index is 2.19. The van der Waals surface area contributed by atoms with Gasteiger partial charge in [0.25, 0.3) is 0 Å². The molecule has 3 nitrogen and oxygen atoms in total. The Morgan fingerprint density at radius 1 is 1.35 bits per heavy atom. The van der Waals surface area contributed by atoms with Gasteiger partial charge in [-0.05, 0) is 34.5 Å². The summed E-state index contributed by atoms with van der Waals surface area (Å²) in [5, 5.41) is 1.05. The number of anilines is 1. The maximum atomic E-state index is 11.8. The van der Waals surface area contributed by atoms with Gasteiger partial charge in [0.1, 0.15) is 0 Å². The number of para-hydroxylation sites is 1. The lowest BCUT2D eigenvalue weighted by atomic mass is 10.2. The van der Waals surface area contributed by atoms with E-state index in [2.05, 4.69) is 20.9 Å². The SMILES string of the molecule is O=C1CCCN1c1cccc2cc(Br)cnc12. The molecule has 0 atom stereocenters. The average Bonchev–Trinajstić information content (AvgIpc) is 2.74. The van der Waals surface area contributed by atoms with Gasteiger partial charge < -0.3 is 4.90 Å². The van der Waals surface area contributed by atoms with Gasteiger partial charge in [0.15, 0.2) is 0 Å². The van der Waals surface area contributed by atoms with Crippen LogP contribution in [0, 0.1) is 0 Å². The van der Waals surface area contributed by atoms with Crippen LogP contribution in [0.5, 0.6) is 0 Å². The van der Waals surface area contributed by atoms with E-state index in [1.165, 1.54) is 0 Å². The summed E-state index contributed by atoms with van der Waals surface area (Å²) in [6.07, 6.45) is 3.35. The molecule has 1 aromatic carbocycles. The van der Waals surface area contributed by atoms with Gasteiger partial charge in [-0.3, -0.25) is 9.78 Å². The number of aromatic nitrogens is 1. The van der Waals surface area contributed by atoms with E-state index in [1.54, 1.807) is 6.20 Å². The monoisotopic (exact) mass is 290 g/mol. The zero-order valence-electron chi connectivity index (χ0n) is 9.19. The molecule has 4 heteroatoms. The third-order valence-electron chi connectivity index (χ3n) is 3.02. The van der Waals surface area contributed by atoms with Crippen LogP contribution >= 0.6 is 15.9 Å². The number of carbonyl (C=O) groups excluding carboxylic acids is 1. The highest BCUT2D eigenvalue weighted by Gasteiger charge is 2.23. The highest BCUT2D eigenvalue weighted by atomic mass is 79.9. The average molecular weight is 291 g/mol. The molecule has 2 aromatic rings. The fraction of sp³-hybridized carbons (Fsp3) is 0.231. The Hall–Kier alpha value is -1.42. The maximum absolute atomic E-state index is 11.8. The molecular formula is C13H11BrN2O. The van der Waals surface area contributed by atoms with E-state index in [0.29, 0.717) is 6.42 Å². The fourth-order valence-electron chi connectivity index (χ4n) is 2.24. The van der Waals surface area contributed by atoms with Crippen LogP contribution in [-0.4, -0.2) is 17.4 Å². The van der Waals surface area contributed by atoms with Crippen LogP contribution in [-0.2, 0) is 4.79 Å². The number of benzene rings is 1. The summed E-state index contributed by atoms with van der Waals surface area (Å²) in [5.74, 6) is 0.196. The van der Waals surface area contributed by atoms with Crippen molar-refractivity contribution in [3.8, 4) is 0 Å². The van der Waals surface area contributed by atoms with E-state index >= 15 is 0 Å². The zero-order chi connectivity index (χ0) is 11.8. The van der Waals surface area contributed by atoms with Crippen LogP contribution in [0.2, 0.25) is 0 Å². The normalized spacial score (nSPS) is 15.8. The molecular weight excluding hydrogens is 280 g/mol. The number of nitrogens with zero attached hydrogens (tertiary/aromatic N) is 2. The summed E-state index contributed by atoms with van der Waals surface area (Å²) in [4.78, 5) is 18.0. The van der Waals surface area contributed by atoms with Crippen LogP contribution in [0.15, 0.2) is 34.9 Å². The second-order valence-corrected chi connectivity index (χ2v) is 5.07. The second kappa shape index (κ2) is 4.11. The lowest BCUT2D eigenvalue weighted by Gasteiger charge is -2.17. The van der Waals surface area contributed by atoms with Crippen molar-refractivity contribution in [2.24, 2.45) is 0 Å². The first-order valence-electron chi connectivity index (χ1n) is 5.60. The predicted octanol–water partition coefficient (Wildman–Crippen LogP) is 3.12. The van der Waals surface area contributed by atoms with Crippen LogP contribution in [0.25, 0.3) is 10.9 Å². The predicted molar refractivity (Wildman–Crippen MR) is 71.0 cm³/mol. The molecule has 3 rings (SSSR count). The van der Waals surface area contributed by atoms with Crippen LogP contribution in [0.1, 0.15) is 12.8 Å². The molecule has 1 aliphatic rings. The van der Waals surface area contributed by atoms with E-state index in [4.69, 9.17) is 0 Å². The van der Waals surface area contributed by atoms with Gasteiger partial charge in [-0.25, -0.2) is 0 Å². The first-order valence-corrected chi connectivity index (χ1v) is 6.39. The Kier molecular flexibility index (Phi) is 2.59. The fourth-order valence-corrected chi connectivity index (χ4v) is 2.59. The van der Waals surface area contributed by atoms with Crippen molar-refractivity contribution in [2.45, 2.75) is 12.8 Å². The summed E-state index contributed by atoms with van der Waals surface area (Å²) in [5.41, 5.74) is 1.82. The Morgan fingerprint density at radius 2 is 2.24 bits per heavy atom. The number of rotatable bonds is 1. The molecule has 2 heterocycles. The maximum Gasteiger partial charge on any atom is 0.227 e. The molecule has 0 aliphatic carbocycles. The Morgan fingerprint density at radius 3 is 3.00 bits per heavy atom. The van der Waals surface area contributed by atoms with E-state index in [9.17, 15) is 4.79 Å². The number of hydrogen-bond donors (Lipinski definition) is 0. The number of pyridine rings is 1. The standard InChI is InChI=1S/C13H11BrN2O/c14-10-7-9-3-1-4-11(13(9)15-8-10)16-6-2-5-12(16)17/h1,3-4,7-8H,2,5-6H2. The molecule has 0 radical (unpaired) electrons. The van der Waals surface area contributed by atoms with Gasteiger partial charge in [-0.15, -0.1) is 0 Å². The molecule has 17 heavy (non-hydrogen) atoms. The first-order chi connectivity index (χ1) is 8.25. The molecule has 1 fully saturated rings. The van der Waals surface area contributed by atoms with Crippen LogP contribution in [0.4, 0.5) is 5.69 Å². The topological polar surface area (TPSA) is 33.2 Å². The van der Waals surface area contributed by atoms with E-state index in [1.807, 2.05) is 29.2 Å². The molecule has 1 amide bonds. The van der Waals surface area contributed by atoms with E-state index < -0.39 is 0 Å². The van der Waals surface area contributed by atoms with Crippen LogP contribution in [0.3, 0.4) is 0 Å². The zero-order valence-corrected chi connectivity index (χ0v) is 10.8. The summed E-state index contributed by atoms with van der Waals surface area (Å²) >= 11 is 3.41. The lowest BCUT2D eigenvalue weighted by Crippen LogP contribution is -2.24. The van der Waals surface area contributed by atoms with Crippen molar-refractivity contribution >= 4 is 38.4 Å². The van der Waals surface area contributed by atoms with E-state index in [-0.39, 0.29) is 5.91 Å². The summed E-state index contributed by atoms with van der Waals surface area (Å²) < 4.78 is 0.954. The summed E-state index contributed by atoms with van der Waals surface area (Å²) in [7, 11) is 0. The summed E-state index contributed by atoms with van der Waals surface area (Å²) in [6.45, 7) is 0.801. The molecule has 0 saturated carbocycles. The van der Waals surface area contributed by atoms with Crippen molar-refractivity contribution in [1.29, 1.82) is 0 Å². The molecule has 1 aliphatic heterocycles. The molecule has 0 spiro atoms. The molecule has 0 N–H and O–H groups in total. The molecule has 1 aromatic heterocycles.